The Morgan fingerprint density at radius 2 is 0.836 bits per heavy atom. The van der Waals surface area contributed by atoms with Crippen LogP contribution >= 0.6 is 0 Å². The van der Waals surface area contributed by atoms with Gasteiger partial charge in [0.25, 0.3) is 0 Å². The molecule has 2 aromatic heterocycles. The van der Waals surface area contributed by atoms with Crippen LogP contribution < -0.4 is 0 Å². The van der Waals surface area contributed by atoms with E-state index in [0.29, 0.717) is 77.8 Å². The van der Waals surface area contributed by atoms with Gasteiger partial charge in [0.15, 0.2) is 5.82 Å². The van der Waals surface area contributed by atoms with Crippen LogP contribution in [0.3, 0.4) is 0 Å². The number of halogens is 6. The Bertz CT molecular complexity index is 3000. The molecular formula is C50H27F6N5. The minimum absolute atomic E-state index is 0.257. The lowest BCUT2D eigenvalue weighted by molar-refractivity contribution is -0.138. The minimum Gasteiger partial charge on any atom is -0.308 e. The van der Waals surface area contributed by atoms with Gasteiger partial charge in [0.1, 0.15) is 0 Å². The molecule has 0 unspecified atom stereocenters. The van der Waals surface area contributed by atoms with Crippen LogP contribution in [0.1, 0.15) is 22.3 Å². The van der Waals surface area contributed by atoms with Gasteiger partial charge in [-0.05, 0) is 90.0 Å². The summed E-state index contributed by atoms with van der Waals surface area (Å²) in [7, 11) is 0. The Morgan fingerprint density at radius 3 is 1.21 bits per heavy atom. The number of hydrogen-bond donors (Lipinski definition) is 0. The average Bonchev–Trinajstić information content (AvgIpc) is 3.60. The topological polar surface area (TPSA) is 78.3 Å². The lowest BCUT2D eigenvalue weighted by atomic mass is 9.91. The summed E-state index contributed by atoms with van der Waals surface area (Å²) in [6.07, 6.45) is -9.25. The Hall–Kier alpha value is -8.02. The number of nitrogens with zero attached hydrogens (tertiary/aromatic N) is 5. The Morgan fingerprint density at radius 1 is 0.426 bits per heavy atom. The van der Waals surface area contributed by atoms with Crippen LogP contribution in [0, 0.1) is 22.7 Å². The number of fused-ring (bicyclic) bond motifs is 3. The first kappa shape index (κ1) is 38.5. The smallest absolute Gasteiger partial charge is 0.308 e. The maximum absolute atomic E-state index is 14.0. The van der Waals surface area contributed by atoms with E-state index < -0.39 is 23.5 Å². The van der Waals surface area contributed by atoms with Crippen LogP contribution in [-0.4, -0.2) is 14.5 Å². The molecule has 0 aliphatic carbocycles. The molecule has 294 valence electrons. The third-order valence-corrected chi connectivity index (χ3v) is 10.5. The summed E-state index contributed by atoms with van der Waals surface area (Å²) in [4.78, 5) is 10.0. The molecule has 0 bridgehead atoms. The lowest BCUT2D eigenvalue weighted by Crippen LogP contribution is -2.06. The first-order chi connectivity index (χ1) is 29.4. The van der Waals surface area contributed by atoms with Crippen molar-refractivity contribution < 1.29 is 26.3 Å². The minimum atomic E-state index is -4.63. The van der Waals surface area contributed by atoms with Gasteiger partial charge in [-0.3, -0.25) is 0 Å². The molecule has 0 aliphatic heterocycles. The molecule has 0 saturated carbocycles. The zero-order valence-corrected chi connectivity index (χ0v) is 31.6. The van der Waals surface area contributed by atoms with E-state index >= 15 is 0 Å². The fraction of sp³-hybridized carbons (Fsp3) is 0.0400. The molecule has 0 amide bonds. The van der Waals surface area contributed by atoms with Gasteiger partial charge in [-0.2, -0.15) is 36.9 Å². The summed E-state index contributed by atoms with van der Waals surface area (Å²) in [5.74, 6) is 0.257. The zero-order valence-electron chi connectivity index (χ0n) is 31.6. The first-order valence-corrected chi connectivity index (χ1v) is 18.8. The highest BCUT2D eigenvalue weighted by molar-refractivity contribution is 6.11. The van der Waals surface area contributed by atoms with Gasteiger partial charge in [-0.25, -0.2) is 9.97 Å². The Labute approximate surface area is 344 Å². The van der Waals surface area contributed by atoms with Crippen molar-refractivity contribution in [3.8, 4) is 74.0 Å². The maximum Gasteiger partial charge on any atom is 0.416 e. The van der Waals surface area contributed by atoms with E-state index in [4.69, 9.17) is 9.97 Å². The number of hydrogen-bond acceptors (Lipinski definition) is 4. The molecule has 0 N–H and O–H groups in total. The number of rotatable bonds is 6. The van der Waals surface area contributed by atoms with Crippen LogP contribution in [0.5, 0.6) is 0 Å². The van der Waals surface area contributed by atoms with Crippen molar-refractivity contribution in [1.29, 1.82) is 10.5 Å². The molecule has 61 heavy (non-hydrogen) atoms. The van der Waals surface area contributed by atoms with Crippen LogP contribution in [-0.2, 0) is 12.4 Å². The standard InChI is InChI=1S/C50H27F6N5/c51-49(52,53)37-17-13-32(14-18-37)39-25-36(48-59-43(34-7-3-1-4-8-34)27-44(60-48)35-9-5-2-6-10-35)26-40(33-15-19-38(20-16-33)50(54,55)56)47(39)61-45-21-11-30(28-57)23-41(45)42-24-31(29-58)12-22-46(42)61/h1-27H. The van der Waals surface area contributed by atoms with Crippen molar-refractivity contribution in [2.45, 2.75) is 12.4 Å². The molecule has 0 saturated heterocycles. The number of benzene rings is 7. The van der Waals surface area contributed by atoms with Gasteiger partial charge in [0, 0.05) is 38.6 Å². The van der Waals surface area contributed by atoms with Gasteiger partial charge in [0.2, 0.25) is 0 Å². The van der Waals surface area contributed by atoms with Crippen LogP contribution in [0.25, 0.3) is 83.6 Å². The molecular weight excluding hydrogens is 785 g/mol. The van der Waals surface area contributed by atoms with Crippen molar-refractivity contribution in [3.05, 3.63) is 186 Å². The van der Waals surface area contributed by atoms with Crippen molar-refractivity contribution in [1.82, 2.24) is 14.5 Å². The van der Waals surface area contributed by atoms with Crippen LogP contribution in [0.15, 0.2) is 164 Å². The van der Waals surface area contributed by atoms with E-state index in [0.717, 1.165) is 35.4 Å². The summed E-state index contributed by atoms with van der Waals surface area (Å²) >= 11 is 0. The second-order valence-corrected chi connectivity index (χ2v) is 14.3. The van der Waals surface area contributed by atoms with Gasteiger partial charge in [-0.15, -0.1) is 0 Å². The highest BCUT2D eigenvalue weighted by Gasteiger charge is 2.32. The van der Waals surface area contributed by atoms with Crippen molar-refractivity contribution >= 4 is 21.8 Å². The maximum atomic E-state index is 14.0. The largest absolute Gasteiger partial charge is 0.416 e. The molecule has 0 radical (unpaired) electrons. The molecule has 5 nitrogen and oxygen atoms in total. The van der Waals surface area contributed by atoms with E-state index in [-0.39, 0.29) is 5.82 Å². The number of nitriles is 2. The quantitative estimate of drug-likeness (QED) is 0.157. The molecule has 2 heterocycles. The molecule has 9 aromatic rings. The monoisotopic (exact) mass is 811 g/mol. The van der Waals surface area contributed by atoms with E-state index in [1.54, 1.807) is 48.5 Å². The first-order valence-electron chi connectivity index (χ1n) is 18.8. The third kappa shape index (κ3) is 7.23. The second-order valence-electron chi connectivity index (χ2n) is 14.3. The molecule has 0 spiro atoms. The summed E-state index contributed by atoms with van der Waals surface area (Å²) in [6.45, 7) is 0. The van der Waals surface area contributed by atoms with E-state index in [9.17, 15) is 36.9 Å². The second kappa shape index (κ2) is 15.0. The summed E-state index contributed by atoms with van der Waals surface area (Å²) in [6, 6.07) is 48.1. The van der Waals surface area contributed by atoms with Gasteiger partial charge in [0.05, 0.1) is 62.5 Å². The van der Waals surface area contributed by atoms with Crippen LogP contribution in [0.2, 0.25) is 0 Å². The third-order valence-electron chi connectivity index (χ3n) is 10.5. The summed E-state index contributed by atoms with van der Waals surface area (Å²) in [5, 5.41) is 21.0. The summed E-state index contributed by atoms with van der Waals surface area (Å²) < 4.78 is 85.8. The summed E-state index contributed by atoms with van der Waals surface area (Å²) in [5.41, 5.74) is 5.26. The Balaban J connectivity index is 1.43. The van der Waals surface area contributed by atoms with Crippen molar-refractivity contribution in [2.75, 3.05) is 0 Å². The van der Waals surface area contributed by atoms with Gasteiger partial charge >= 0.3 is 12.4 Å². The highest BCUT2D eigenvalue weighted by atomic mass is 19.4. The number of alkyl halides is 6. The number of aromatic nitrogens is 3. The lowest BCUT2D eigenvalue weighted by Gasteiger charge is -2.22. The fourth-order valence-electron chi connectivity index (χ4n) is 7.62. The fourth-order valence-corrected chi connectivity index (χ4v) is 7.62. The zero-order chi connectivity index (χ0) is 42.5. The predicted molar refractivity (Wildman–Crippen MR) is 223 cm³/mol. The molecule has 0 atom stereocenters. The predicted octanol–water partition coefficient (Wildman–Crippen LogP) is 13.7. The van der Waals surface area contributed by atoms with E-state index in [1.807, 2.05) is 71.3 Å². The van der Waals surface area contributed by atoms with Crippen molar-refractivity contribution in [3.63, 3.8) is 0 Å². The molecule has 7 aromatic carbocycles. The van der Waals surface area contributed by atoms with Gasteiger partial charge < -0.3 is 4.57 Å². The van der Waals surface area contributed by atoms with Crippen LogP contribution in [0.4, 0.5) is 26.3 Å². The van der Waals surface area contributed by atoms with Crippen molar-refractivity contribution in [2.24, 2.45) is 0 Å². The van der Waals surface area contributed by atoms with E-state index in [2.05, 4.69) is 12.1 Å². The SMILES string of the molecule is N#Cc1ccc2c(c1)c1cc(C#N)ccc1n2-c1c(-c2ccc(C(F)(F)F)cc2)cc(-c2nc(-c3ccccc3)cc(-c3ccccc3)n2)cc1-c1ccc(C(F)(F)F)cc1. The molecule has 9 rings (SSSR count). The Kier molecular flexibility index (Phi) is 9.45. The molecule has 0 fully saturated rings. The van der Waals surface area contributed by atoms with E-state index in [1.165, 1.54) is 24.3 Å². The molecule has 0 aliphatic rings. The normalized spacial score (nSPS) is 11.7. The highest BCUT2D eigenvalue weighted by Crippen LogP contribution is 2.45. The molecule has 11 heteroatoms. The van der Waals surface area contributed by atoms with Gasteiger partial charge in [-0.1, -0.05) is 84.9 Å². The average molecular weight is 812 g/mol.